The molecule has 0 bridgehead atoms. The largest absolute Gasteiger partial charge is 0.457 e. The van der Waals surface area contributed by atoms with Gasteiger partial charge in [0.15, 0.2) is 6.29 Å². The Hall–Kier alpha value is -1.42. The number of carbonyl (C=O) groups excluding carboxylic acids is 1. The highest BCUT2D eigenvalue weighted by molar-refractivity contribution is 7.80. The van der Waals surface area contributed by atoms with Crippen LogP contribution in [0.15, 0.2) is 24.3 Å². The maximum atomic E-state index is 12.9. The minimum absolute atomic E-state index is 0.0364. The highest BCUT2D eigenvalue weighted by Gasteiger charge is 2.48. The molecule has 0 spiro atoms. The van der Waals surface area contributed by atoms with E-state index in [-0.39, 0.29) is 19.6 Å². The summed E-state index contributed by atoms with van der Waals surface area (Å²) in [4.78, 5) is 12.9. The lowest BCUT2D eigenvalue weighted by molar-refractivity contribution is -0.301. The molecule has 1 aliphatic rings. The Kier molecular flexibility index (Phi) is 44.3. The predicted molar refractivity (Wildman–Crippen MR) is 276 cm³/mol. The van der Waals surface area contributed by atoms with E-state index in [2.05, 4.69) is 42.3 Å². The smallest absolute Gasteiger partial charge is 0.397 e. The van der Waals surface area contributed by atoms with Gasteiger partial charge in [0.1, 0.15) is 30.5 Å². The van der Waals surface area contributed by atoms with Crippen molar-refractivity contribution in [3.8, 4) is 0 Å². The fraction of sp³-hybridized carbons (Fsp3) is 0.909. The molecule has 68 heavy (non-hydrogen) atoms. The summed E-state index contributed by atoms with van der Waals surface area (Å²) in [6.45, 7) is 4.02. The lowest BCUT2D eigenvalue weighted by Gasteiger charge is -2.41. The Labute approximate surface area is 416 Å². The first kappa shape index (κ1) is 64.6. The molecule has 0 aromatic rings. The van der Waals surface area contributed by atoms with Crippen LogP contribution in [0, 0.1) is 0 Å². The highest BCUT2D eigenvalue weighted by Crippen LogP contribution is 2.26. The maximum Gasteiger partial charge on any atom is 0.397 e. The molecule has 1 saturated heterocycles. The minimum atomic E-state index is -5.07. The number of esters is 1. The van der Waals surface area contributed by atoms with E-state index in [0.717, 1.165) is 51.4 Å². The van der Waals surface area contributed by atoms with Crippen molar-refractivity contribution < 1.29 is 56.2 Å². The molecular weight excluding hydrogens is 885 g/mol. The SMILES string of the molecule is CCCCCC/C=C\C/C=C\CCCCCCCCCCOCC(COC1OC(CO)C(O)C(OS(=O)(=O)O)C1O)OC(=O)CCCCCCCCCCCCCCCCCCCCCCCC. The lowest BCUT2D eigenvalue weighted by Crippen LogP contribution is -2.60. The van der Waals surface area contributed by atoms with Gasteiger partial charge in [0.25, 0.3) is 0 Å². The minimum Gasteiger partial charge on any atom is -0.457 e. The summed E-state index contributed by atoms with van der Waals surface area (Å²) in [7, 11) is -5.07. The third kappa shape index (κ3) is 39.2. The van der Waals surface area contributed by atoms with E-state index in [1.54, 1.807) is 0 Å². The number of unbranched alkanes of at least 4 members (excludes halogenated alkanes) is 33. The van der Waals surface area contributed by atoms with E-state index >= 15 is 0 Å². The van der Waals surface area contributed by atoms with Crippen LogP contribution < -0.4 is 0 Å². The van der Waals surface area contributed by atoms with Gasteiger partial charge in [-0.05, 0) is 44.9 Å². The standard InChI is InChI=1S/C55H104O12S/c1-3-5-7-9-11-13-15-17-19-21-23-24-25-26-28-30-32-34-36-38-40-42-44-51(57)65-49(48-64-55-53(59)54(67-68(60,61)62)52(58)50(46-56)66-55)47-63-45-43-41-39-37-35-33-31-29-27-22-20-18-16-14-12-10-8-6-4-2/h14,16,20,22,49-50,52-56,58-59H,3-13,15,17-19,21,23-48H2,1-2H3,(H,60,61,62)/b16-14-,22-20-. The zero-order valence-corrected chi connectivity index (χ0v) is 44.3. The van der Waals surface area contributed by atoms with E-state index in [4.69, 9.17) is 18.9 Å². The van der Waals surface area contributed by atoms with Gasteiger partial charge in [-0.2, -0.15) is 8.42 Å². The average molecular weight is 989 g/mol. The van der Waals surface area contributed by atoms with E-state index in [1.807, 2.05) is 0 Å². The fourth-order valence-corrected chi connectivity index (χ4v) is 9.33. The number of hydrogen-bond acceptors (Lipinski definition) is 11. The van der Waals surface area contributed by atoms with Gasteiger partial charge in [0.05, 0.1) is 19.8 Å². The van der Waals surface area contributed by atoms with Gasteiger partial charge in [0, 0.05) is 13.0 Å². The number of rotatable bonds is 50. The third-order valence-corrected chi connectivity index (χ3v) is 13.5. The van der Waals surface area contributed by atoms with Gasteiger partial charge >= 0.3 is 16.4 Å². The average Bonchev–Trinajstić information content (AvgIpc) is 3.31. The molecule has 1 rings (SSSR count). The fourth-order valence-electron chi connectivity index (χ4n) is 8.82. The Balaban J connectivity index is 2.31. The van der Waals surface area contributed by atoms with Crippen molar-refractivity contribution in [1.29, 1.82) is 0 Å². The summed E-state index contributed by atoms with van der Waals surface area (Å²) < 4.78 is 59.4. The van der Waals surface area contributed by atoms with Gasteiger partial charge in [0.2, 0.25) is 0 Å². The molecular formula is C55H104O12S. The van der Waals surface area contributed by atoms with Crippen LogP contribution in [-0.2, 0) is 38.3 Å². The number of ether oxygens (including phenoxy) is 4. The molecule has 6 atom stereocenters. The van der Waals surface area contributed by atoms with Crippen LogP contribution in [0.1, 0.15) is 258 Å². The van der Waals surface area contributed by atoms with E-state index in [9.17, 15) is 33.1 Å². The van der Waals surface area contributed by atoms with Crippen molar-refractivity contribution in [3.63, 3.8) is 0 Å². The van der Waals surface area contributed by atoms with Crippen molar-refractivity contribution in [3.05, 3.63) is 24.3 Å². The summed E-state index contributed by atoms with van der Waals surface area (Å²) in [5, 5.41) is 30.8. The zero-order valence-electron chi connectivity index (χ0n) is 43.4. The van der Waals surface area contributed by atoms with Crippen LogP contribution in [0.2, 0.25) is 0 Å². The Bertz CT molecular complexity index is 1280. The Morgan fingerprint density at radius 3 is 1.41 bits per heavy atom. The van der Waals surface area contributed by atoms with Crippen LogP contribution in [0.3, 0.4) is 0 Å². The van der Waals surface area contributed by atoms with E-state index in [1.165, 1.54) is 180 Å². The monoisotopic (exact) mass is 989 g/mol. The molecule has 12 nitrogen and oxygen atoms in total. The number of hydrogen-bond donors (Lipinski definition) is 4. The highest BCUT2D eigenvalue weighted by atomic mass is 32.3. The van der Waals surface area contributed by atoms with Crippen LogP contribution in [0.5, 0.6) is 0 Å². The van der Waals surface area contributed by atoms with Gasteiger partial charge in [-0.15, -0.1) is 0 Å². The Morgan fingerprint density at radius 2 is 0.971 bits per heavy atom. The molecule has 1 aliphatic heterocycles. The molecule has 6 unspecified atom stereocenters. The summed E-state index contributed by atoms with van der Waals surface area (Å²) in [5.41, 5.74) is 0. The molecule has 1 heterocycles. The number of aliphatic hydroxyl groups is 3. The molecule has 0 aromatic carbocycles. The third-order valence-electron chi connectivity index (χ3n) is 13.1. The van der Waals surface area contributed by atoms with Crippen molar-refractivity contribution >= 4 is 16.4 Å². The van der Waals surface area contributed by atoms with Crippen molar-refractivity contribution in [1.82, 2.24) is 0 Å². The van der Waals surface area contributed by atoms with Crippen LogP contribution in [0.25, 0.3) is 0 Å². The van der Waals surface area contributed by atoms with E-state index < -0.39 is 59.8 Å². The molecule has 13 heteroatoms. The van der Waals surface area contributed by atoms with Crippen molar-refractivity contribution in [2.24, 2.45) is 0 Å². The normalized spacial score (nSPS) is 19.4. The molecule has 402 valence electrons. The summed E-state index contributed by atoms with van der Waals surface area (Å²) in [5.74, 6) is -0.395. The number of carbonyl (C=O) groups is 1. The zero-order chi connectivity index (χ0) is 49.6. The summed E-state index contributed by atoms with van der Waals surface area (Å²) in [6, 6.07) is 0. The molecule has 0 saturated carbocycles. The van der Waals surface area contributed by atoms with Gasteiger partial charge in [-0.1, -0.05) is 231 Å². The second-order valence-corrected chi connectivity index (χ2v) is 20.6. The van der Waals surface area contributed by atoms with Crippen molar-refractivity contribution in [2.75, 3.05) is 26.4 Å². The van der Waals surface area contributed by atoms with Gasteiger partial charge < -0.3 is 34.3 Å². The first-order valence-electron chi connectivity index (χ1n) is 28.1. The lowest BCUT2D eigenvalue weighted by atomic mass is 9.99. The summed E-state index contributed by atoms with van der Waals surface area (Å²) in [6.07, 6.45) is 46.4. The van der Waals surface area contributed by atoms with Gasteiger partial charge in [-0.25, -0.2) is 4.18 Å². The molecule has 0 amide bonds. The van der Waals surface area contributed by atoms with Crippen LogP contribution in [0.4, 0.5) is 0 Å². The first-order valence-corrected chi connectivity index (χ1v) is 29.5. The molecule has 0 aromatic heterocycles. The second kappa shape index (κ2) is 46.6. The molecule has 0 radical (unpaired) electrons. The first-order chi connectivity index (χ1) is 33.1. The predicted octanol–water partition coefficient (Wildman–Crippen LogP) is 13.5. The van der Waals surface area contributed by atoms with Gasteiger partial charge in [-0.3, -0.25) is 9.35 Å². The molecule has 1 fully saturated rings. The Morgan fingerprint density at radius 1 is 0.559 bits per heavy atom. The quantitative estimate of drug-likeness (QED) is 0.0196. The molecule has 4 N–H and O–H groups in total. The van der Waals surface area contributed by atoms with Crippen LogP contribution in [-0.4, -0.2) is 97.5 Å². The maximum absolute atomic E-state index is 12.9. The number of allylic oxidation sites excluding steroid dienone is 4. The number of aliphatic hydroxyl groups excluding tert-OH is 3. The second-order valence-electron chi connectivity index (χ2n) is 19.5. The van der Waals surface area contributed by atoms with Crippen molar-refractivity contribution in [2.45, 2.75) is 295 Å². The topological polar surface area (TPSA) is 178 Å². The van der Waals surface area contributed by atoms with E-state index in [0.29, 0.717) is 13.0 Å². The molecule has 0 aliphatic carbocycles. The van der Waals surface area contributed by atoms with Crippen LogP contribution >= 0.6 is 0 Å². The summed E-state index contributed by atoms with van der Waals surface area (Å²) >= 11 is 0.